The molecule has 0 amide bonds. The number of pyridine rings is 1. The molecule has 0 N–H and O–H groups in total. The van der Waals surface area contributed by atoms with Crippen LogP contribution in [0.4, 0.5) is 0 Å². The van der Waals surface area contributed by atoms with Gasteiger partial charge in [-0.2, -0.15) is 0 Å². The maximum atomic E-state index is 15.0. The lowest BCUT2D eigenvalue weighted by Crippen LogP contribution is -2.07. The highest BCUT2D eigenvalue weighted by atomic mass is 32.2. The molecule has 252 valence electrons. The molecule has 3 aromatic heterocycles. The van der Waals surface area contributed by atoms with E-state index in [1.54, 1.807) is 11.8 Å². The normalized spacial score (nSPS) is 11.8. The van der Waals surface area contributed by atoms with E-state index in [1.807, 2.05) is 74.6 Å². The topological polar surface area (TPSA) is 47.8 Å². The van der Waals surface area contributed by atoms with Crippen molar-refractivity contribution >= 4 is 83.6 Å². The number of carbonyl (C=O) groups excluding carboxylic acids is 2. The summed E-state index contributed by atoms with van der Waals surface area (Å²) < 4.78 is 8.75. The van der Waals surface area contributed by atoms with Crippen LogP contribution >= 0.6 is 23.1 Å². The Morgan fingerprint density at radius 2 is 1.27 bits per heavy atom. The Kier molecular flexibility index (Phi) is 8.14. The first kappa shape index (κ1) is 32.2. The van der Waals surface area contributed by atoms with E-state index in [-0.39, 0.29) is 17.6 Å². The van der Waals surface area contributed by atoms with Gasteiger partial charge in [-0.05, 0) is 75.0 Å². The number of fused-ring (bicyclic) bond motifs is 6. The maximum Gasteiger partial charge on any atom is 0.341 e. The van der Waals surface area contributed by atoms with Gasteiger partial charge in [0.05, 0.1) is 37.5 Å². The first-order chi connectivity index (χ1) is 25.5. The largest absolute Gasteiger partial charge is 0.462 e. The van der Waals surface area contributed by atoms with Crippen molar-refractivity contribution in [2.75, 3.05) is 6.61 Å². The molecule has 3 heterocycles. The number of thiophene rings is 1. The lowest BCUT2D eigenvalue weighted by atomic mass is 9.94. The summed E-state index contributed by atoms with van der Waals surface area (Å²) in [4.78, 5) is 29.5. The molecule has 0 aliphatic rings. The summed E-state index contributed by atoms with van der Waals surface area (Å²) in [7, 11) is 0. The van der Waals surface area contributed by atoms with Crippen LogP contribution in [-0.2, 0) is 4.74 Å². The minimum absolute atomic E-state index is 0.108. The summed E-state index contributed by atoms with van der Waals surface area (Å²) in [5.41, 5.74) is 6.01. The van der Waals surface area contributed by atoms with Gasteiger partial charge >= 0.3 is 5.97 Å². The molecule has 52 heavy (non-hydrogen) atoms. The molecule has 0 aliphatic carbocycles. The van der Waals surface area contributed by atoms with Crippen molar-refractivity contribution in [3.05, 3.63) is 178 Å². The second-order valence-corrected chi connectivity index (χ2v) is 15.4. The van der Waals surface area contributed by atoms with E-state index in [9.17, 15) is 9.59 Å². The average molecular weight is 712 g/mol. The number of hydrogen-bond acceptors (Lipinski definition) is 5. The predicted octanol–water partition coefficient (Wildman–Crippen LogP) is 12.2. The monoisotopic (exact) mass is 711 g/mol. The highest BCUT2D eigenvalue weighted by Crippen LogP contribution is 2.52. The van der Waals surface area contributed by atoms with Crippen LogP contribution in [0.5, 0.6) is 0 Å². The molecule has 0 saturated heterocycles. The second-order valence-electron chi connectivity index (χ2n) is 13.0. The molecule has 0 aliphatic heterocycles. The summed E-state index contributed by atoms with van der Waals surface area (Å²) in [6.45, 7) is 4.06. The van der Waals surface area contributed by atoms with Crippen LogP contribution in [0.3, 0.4) is 0 Å². The number of rotatable bonds is 8. The Hall–Kier alpha value is -5.69. The molecule has 0 fully saturated rings. The lowest BCUT2D eigenvalue weighted by molar-refractivity contribution is 0.0531. The highest BCUT2D eigenvalue weighted by molar-refractivity contribution is 8.01. The number of benzene rings is 6. The molecule has 4 nitrogen and oxygen atoms in total. The molecule has 0 bridgehead atoms. The molecule has 6 heteroatoms. The van der Waals surface area contributed by atoms with E-state index < -0.39 is 5.97 Å². The van der Waals surface area contributed by atoms with Crippen molar-refractivity contribution in [1.82, 2.24) is 4.40 Å². The Balaban J connectivity index is 1.35. The molecule has 0 atom stereocenters. The Morgan fingerprint density at radius 3 is 1.90 bits per heavy atom. The van der Waals surface area contributed by atoms with Gasteiger partial charge in [-0.15, -0.1) is 23.1 Å². The number of thioether (sulfide) groups is 1. The zero-order valence-corrected chi connectivity index (χ0v) is 30.3. The smallest absolute Gasteiger partial charge is 0.341 e. The molecular weight excluding hydrogens is 679 g/mol. The Bertz CT molecular complexity index is 2770. The third-order valence-corrected chi connectivity index (χ3v) is 12.5. The van der Waals surface area contributed by atoms with E-state index in [2.05, 4.69) is 89.3 Å². The summed E-state index contributed by atoms with van der Waals surface area (Å²) in [5.74, 6) is -0.537. The van der Waals surface area contributed by atoms with Gasteiger partial charge in [0.2, 0.25) is 5.78 Å². The fourth-order valence-electron chi connectivity index (χ4n) is 7.53. The molecule has 0 unspecified atom stereocenters. The molecule has 0 spiro atoms. The fourth-order valence-corrected chi connectivity index (χ4v) is 10.4. The number of ether oxygens (including phenoxy) is 1. The van der Waals surface area contributed by atoms with Crippen LogP contribution in [0, 0.1) is 6.92 Å². The summed E-state index contributed by atoms with van der Waals surface area (Å²) >= 11 is 3.21. The van der Waals surface area contributed by atoms with E-state index in [0.29, 0.717) is 21.4 Å². The first-order valence-electron chi connectivity index (χ1n) is 17.4. The van der Waals surface area contributed by atoms with Gasteiger partial charge < -0.3 is 9.14 Å². The summed E-state index contributed by atoms with van der Waals surface area (Å²) in [6.07, 6.45) is 2.02. The van der Waals surface area contributed by atoms with Gasteiger partial charge in [-0.25, -0.2) is 4.79 Å². The summed E-state index contributed by atoms with van der Waals surface area (Å²) in [5, 5.41) is 7.07. The zero-order valence-electron chi connectivity index (χ0n) is 28.6. The number of hydrogen-bond donors (Lipinski definition) is 0. The van der Waals surface area contributed by atoms with Crippen LogP contribution in [0.2, 0.25) is 0 Å². The fraction of sp³-hybridized carbons (Fsp3) is 0.0870. The first-order valence-corrected chi connectivity index (χ1v) is 19.1. The number of nitrogens with zero attached hydrogens (tertiary/aromatic N) is 1. The van der Waals surface area contributed by atoms with Gasteiger partial charge in [0.1, 0.15) is 0 Å². The number of carbonyl (C=O) groups is 2. The van der Waals surface area contributed by atoms with Crippen LogP contribution in [0.15, 0.2) is 150 Å². The maximum absolute atomic E-state index is 15.0. The molecular formula is C46H33NO3S2. The Labute approximate surface area is 309 Å². The van der Waals surface area contributed by atoms with E-state index in [4.69, 9.17) is 4.74 Å². The minimum atomic E-state index is -0.429. The standard InChI is InChI=1S/C46H33NO3S2/c1-3-50-45(49)39-38-27-28(2)25-26-47(38)41-40(39)44(42(48)35-22-10-16-29-13-4-7-19-32(29)35)52-46(41)51-43(36-23-11-17-30-14-5-8-20-33(30)36)37-24-12-18-31-15-6-9-21-34(31)37/h4-27,43H,3H2,1-2H3. The highest BCUT2D eigenvalue weighted by Gasteiger charge is 2.32. The van der Waals surface area contributed by atoms with Crippen LogP contribution in [0.25, 0.3) is 48.7 Å². The summed E-state index contributed by atoms with van der Waals surface area (Å²) in [6, 6.07) is 47.9. The van der Waals surface area contributed by atoms with E-state index in [1.165, 1.54) is 44.0 Å². The zero-order chi connectivity index (χ0) is 35.3. The third kappa shape index (κ3) is 5.29. The SMILES string of the molecule is CCOC(=O)c1c2c(C(=O)c3cccc4ccccc34)sc(SC(c3cccc4ccccc34)c3cccc4ccccc34)c2n2ccc(C)cc12. The van der Waals surface area contributed by atoms with Gasteiger partial charge in [-0.1, -0.05) is 127 Å². The van der Waals surface area contributed by atoms with Crippen molar-refractivity contribution in [3.63, 3.8) is 0 Å². The number of ketones is 1. The number of esters is 1. The lowest BCUT2D eigenvalue weighted by Gasteiger charge is -2.21. The second kappa shape index (κ2) is 13.1. The minimum Gasteiger partial charge on any atom is -0.462 e. The van der Waals surface area contributed by atoms with Crippen molar-refractivity contribution in [2.24, 2.45) is 0 Å². The van der Waals surface area contributed by atoms with Gasteiger partial charge in [0, 0.05) is 17.1 Å². The third-order valence-electron chi connectivity index (χ3n) is 9.87. The quantitative estimate of drug-likeness (QED) is 0.0894. The molecule has 6 aromatic carbocycles. The molecule has 0 radical (unpaired) electrons. The van der Waals surface area contributed by atoms with Crippen molar-refractivity contribution in [2.45, 2.75) is 23.3 Å². The van der Waals surface area contributed by atoms with Crippen molar-refractivity contribution < 1.29 is 14.3 Å². The predicted molar refractivity (Wildman–Crippen MR) is 216 cm³/mol. The van der Waals surface area contributed by atoms with Gasteiger partial charge in [0.25, 0.3) is 0 Å². The van der Waals surface area contributed by atoms with Crippen LogP contribution in [-0.4, -0.2) is 22.8 Å². The average Bonchev–Trinajstić information content (AvgIpc) is 3.71. The molecule has 9 rings (SSSR count). The van der Waals surface area contributed by atoms with E-state index >= 15 is 0 Å². The van der Waals surface area contributed by atoms with Crippen molar-refractivity contribution in [3.8, 4) is 0 Å². The van der Waals surface area contributed by atoms with E-state index in [0.717, 1.165) is 31.6 Å². The van der Waals surface area contributed by atoms with Crippen LogP contribution < -0.4 is 0 Å². The number of aryl methyl sites for hydroxylation is 1. The molecule has 0 saturated carbocycles. The van der Waals surface area contributed by atoms with Crippen molar-refractivity contribution in [1.29, 1.82) is 0 Å². The molecule has 9 aromatic rings. The van der Waals surface area contributed by atoms with Crippen LogP contribution in [0.1, 0.15) is 54.5 Å². The van der Waals surface area contributed by atoms with Gasteiger partial charge in [0.15, 0.2) is 0 Å². The number of aromatic nitrogens is 1. The van der Waals surface area contributed by atoms with Gasteiger partial charge in [-0.3, -0.25) is 4.79 Å². The Morgan fingerprint density at radius 1 is 0.712 bits per heavy atom.